The van der Waals surface area contributed by atoms with Gasteiger partial charge in [-0.3, -0.25) is 0 Å². The Hall–Kier alpha value is -1.59. The maximum atomic E-state index is 5.61. The van der Waals surface area contributed by atoms with E-state index in [2.05, 4.69) is 20.3 Å². The Morgan fingerprint density at radius 1 is 0.900 bits per heavy atom. The number of nitrogens with one attached hydrogen (secondary N) is 1. The van der Waals surface area contributed by atoms with E-state index in [1.54, 1.807) is 0 Å². The third kappa shape index (κ3) is 2.07. The van der Waals surface area contributed by atoms with Gasteiger partial charge in [-0.2, -0.15) is 15.0 Å². The lowest BCUT2D eigenvalue weighted by atomic mass is 9.49. The lowest BCUT2D eigenvalue weighted by molar-refractivity contribution is -0.0445. The normalized spacial score (nSPS) is 38.1. The number of rotatable bonds is 3. The van der Waals surface area contributed by atoms with Crippen molar-refractivity contribution >= 4 is 17.8 Å². The summed E-state index contributed by atoms with van der Waals surface area (Å²) < 4.78 is 0. The van der Waals surface area contributed by atoms with Crippen LogP contribution in [0.25, 0.3) is 0 Å². The Kier molecular flexibility index (Phi) is 2.56. The fraction of sp³-hybridized carbons (Fsp3) is 0.786. The molecule has 4 aliphatic rings. The molecular formula is C14H22N6. The predicted molar refractivity (Wildman–Crippen MR) is 77.7 cm³/mol. The molecule has 4 saturated carbocycles. The first kappa shape index (κ1) is 12.2. The van der Waals surface area contributed by atoms with Crippen molar-refractivity contribution in [1.29, 1.82) is 0 Å². The van der Waals surface area contributed by atoms with Crippen molar-refractivity contribution in [1.82, 2.24) is 15.0 Å². The van der Waals surface area contributed by atoms with E-state index in [-0.39, 0.29) is 11.9 Å². The van der Waals surface area contributed by atoms with Gasteiger partial charge in [-0.15, -0.1) is 0 Å². The van der Waals surface area contributed by atoms with Crippen LogP contribution in [-0.2, 0) is 0 Å². The Bertz CT molecular complexity index is 473. The Labute approximate surface area is 118 Å². The molecule has 0 unspecified atom stereocenters. The van der Waals surface area contributed by atoms with Gasteiger partial charge in [0.25, 0.3) is 0 Å². The molecule has 6 heteroatoms. The summed E-state index contributed by atoms with van der Waals surface area (Å²) in [5.74, 6) is 3.76. The lowest BCUT2D eigenvalue weighted by Gasteiger charge is -2.56. The SMILES string of the molecule is Nc1nc(N)nc(NCC23CC4CC(CC(C4)C2)C3)n1. The number of hydrogen-bond donors (Lipinski definition) is 3. The number of hydrogen-bond acceptors (Lipinski definition) is 6. The van der Waals surface area contributed by atoms with Crippen molar-refractivity contribution < 1.29 is 0 Å². The summed E-state index contributed by atoms with van der Waals surface area (Å²) in [6.07, 6.45) is 8.48. The zero-order valence-electron chi connectivity index (χ0n) is 11.7. The van der Waals surface area contributed by atoms with Crippen LogP contribution in [0.3, 0.4) is 0 Å². The smallest absolute Gasteiger partial charge is 0.229 e. The fourth-order valence-corrected chi connectivity index (χ4v) is 5.26. The standard InChI is InChI=1S/C14H22N6/c15-11-18-12(16)20-13(19-11)17-7-14-4-8-1-9(5-14)3-10(2-8)6-14/h8-10H,1-7H2,(H5,15,16,17,18,19,20). The van der Waals surface area contributed by atoms with Gasteiger partial charge in [0.2, 0.25) is 17.8 Å². The molecule has 0 aromatic carbocycles. The van der Waals surface area contributed by atoms with Crippen LogP contribution < -0.4 is 16.8 Å². The van der Waals surface area contributed by atoms with Crippen molar-refractivity contribution in [3.05, 3.63) is 0 Å². The van der Waals surface area contributed by atoms with Gasteiger partial charge < -0.3 is 16.8 Å². The van der Waals surface area contributed by atoms with Gasteiger partial charge in [0.15, 0.2) is 0 Å². The van der Waals surface area contributed by atoms with Gasteiger partial charge in [-0.25, -0.2) is 0 Å². The highest BCUT2D eigenvalue weighted by Crippen LogP contribution is 2.59. The number of aromatic nitrogens is 3. The van der Waals surface area contributed by atoms with Crippen LogP contribution in [0, 0.1) is 23.2 Å². The molecule has 0 aliphatic heterocycles. The zero-order valence-corrected chi connectivity index (χ0v) is 11.7. The Morgan fingerprint density at radius 3 is 1.90 bits per heavy atom. The van der Waals surface area contributed by atoms with Crippen LogP contribution in [0.4, 0.5) is 17.8 Å². The first-order valence-electron chi connectivity index (χ1n) is 7.61. The molecule has 6 nitrogen and oxygen atoms in total. The summed E-state index contributed by atoms with van der Waals surface area (Å²) in [5.41, 5.74) is 11.7. The molecule has 1 heterocycles. The van der Waals surface area contributed by atoms with Crippen molar-refractivity contribution in [2.75, 3.05) is 23.3 Å². The molecule has 4 aliphatic carbocycles. The molecule has 0 atom stereocenters. The average molecular weight is 274 g/mol. The molecular weight excluding hydrogens is 252 g/mol. The summed E-state index contributed by atoms with van der Waals surface area (Å²) in [5, 5.41) is 3.36. The quantitative estimate of drug-likeness (QED) is 0.774. The third-order valence-corrected chi connectivity index (χ3v) is 5.46. The van der Waals surface area contributed by atoms with Crippen molar-refractivity contribution in [3.8, 4) is 0 Å². The van der Waals surface area contributed by atoms with E-state index in [1.165, 1.54) is 38.5 Å². The maximum absolute atomic E-state index is 5.61. The molecule has 0 saturated heterocycles. The van der Waals surface area contributed by atoms with E-state index >= 15 is 0 Å². The highest BCUT2D eigenvalue weighted by Gasteiger charge is 2.50. The molecule has 1 aromatic heterocycles. The number of nitrogens with two attached hydrogens (primary N) is 2. The molecule has 4 bridgehead atoms. The Morgan fingerprint density at radius 2 is 1.40 bits per heavy atom. The molecule has 1 aromatic rings. The Balaban J connectivity index is 1.49. The second-order valence-corrected chi connectivity index (χ2v) is 7.15. The van der Waals surface area contributed by atoms with E-state index in [1.807, 2.05) is 0 Å². The second-order valence-electron chi connectivity index (χ2n) is 7.15. The summed E-state index contributed by atoms with van der Waals surface area (Å²) >= 11 is 0. The van der Waals surface area contributed by atoms with Crippen LogP contribution in [0.2, 0.25) is 0 Å². The van der Waals surface area contributed by atoms with Gasteiger partial charge in [-0.1, -0.05) is 0 Å². The minimum absolute atomic E-state index is 0.186. The third-order valence-electron chi connectivity index (χ3n) is 5.46. The van der Waals surface area contributed by atoms with E-state index in [9.17, 15) is 0 Å². The largest absolute Gasteiger partial charge is 0.368 e. The fourth-order valence-electron chi connectivity index (χ4n) is 5.26. The molecule has 4 fully saturated rings. The van der Waals surface area contributed by atoms with Crippen LogP contribution in [0.15, 0.2) is 0 Å². The van der Waals surface area contributed by atoms with Gasteiger partial charge in [0, 0.05) is 6.54 Å². The summed E-state index contributed by atoms with van der Waals surface area (Å²) in [6.45, 7) is 0.944. The van der Waals surface area contributed by atoms with E-state index < -0.39 is 0 Å². The van der Waals surface area contributed by atoms with E-state index in [0.29, 0.717) is 11.4 Å². The van der Waals surface area contributed by atoms with Crippen LogP contribution in [0.5, 0.6) is 0 Å². The van der Waals surface area contributed by atoms with Crippen molar-refractivity contribution in [3.63, 3.8) is 0 Å². The van der Waals surface area contributed by atoms with E-state index in [0.717, 1.165) is 24.3 Å². The average Bonchev–Trinajstić information content (AvgIpc) is 2.34. The number of nitrogen functional groups attached to an aromatic ring is 2. The molecule has 5 rings (SSSR count). The molecule has 0 spiro atoms. The lowest BCUT2D eigenvalue weighted by Crippen LogP contribution is -2.49. The summed E-state index contributed by atoms with van der Waals surface area (Å²) in [6, 6.07) is 0. The highest BCUT2D eigenvalue weighted by molar-refractivity contribution is 5.37. The van der Waals surface area contributed by atoms with Crippen LogP contribution >= 0.6 is 0 Å². The molecule has 20 heavy (non-hydrogen) atoms. The van der Waals surface area contributed by atoms with Crippen molar-refractivity contribution in [2.24, 2.45) is 23.2 Å². The minimum Gasteiger partial charge on any atom is -0.368 e. The number of anilines is 3. The van der Waals surface area contributed by atoms with Gasteiger partial charge in [-0.05, 0) is 61.7 Å². The van der Waals surface area contributed by atoms with Gasteiger partial charge in [0.1, 0.15) is 0 Å². The molecule has 0 amide bonds. The van der Waals surface area contributed by atoms with Crippen LogP contribution in [0.1, 0.15) is 38.5 Å². The van der Waals surface area contributed by atoms with E-state index in [4.69, 9.17) is 11.5 Å². The second kappa shape index (κ2) is 4.20. The number of nitrogens with zero attached hydrogens (tertiary/aromatic N) is 3. The summed E-state index contributed by atoms with van der Waals surface area (Å²) in [4.78, 5) is 12.0. The molecule has 5 N–H and O–H groups in total. The molecule has 108 valence electrons. The monoisotopic (exact) mass is 274 g/mol. The first-order valence-corrected chi connectivity index (χ1v) is 7.61. The minimum atomic E-state index is 0.186. The predicted octanol–water partition coefficient (Wildman–Crippen LogP) is 1.66. The van der Waals surface area contributed by atoms with Crippen molar-refractivity contribution in [2.45, 2.75) is 38.5 Å². The zero-order chi connectivity index (χ0) is 13.7. The summed E-state index contributed by atoms with van der Waals surface area (Å²) in [7, 11) is 0. The molecule has 0 radical (unpaired) electrons. The van der Waals surface area contributed by atoms with Crippen LogP contribution in [-0.4, -0.2) is 21.5 Å². The maximum Gasteiger partial charge on any atom is 0.229 e. The highest BCUT2D eigenvalue weighted by atomic mass is 15.2. The topological polar surface area (TPSA) is 103 Å². The van der Waals surface area contributed by atoms with Gasteiger partial charge in [0.05, 0.1) is 0 Å². The first-order chi connectivity index (χ1) is 9.60. The van der Waals surface area contributed by atoms with Gasteiger partial charge >= 0.3 is 0 Å².